The summed E-state index contributed by atoms with van der Waals surface area (Å²) >= 11 is 0. The highest BCUT2D eigenvalue weighted by Crippen LogP contribution is 2.32. The molecular weight excluding hydrogens is 272 g/mol. The number of β-amino-alcohol motifs (C(OH)–C–C–N with tert-alkyl or cyclic N) is 1. The average Bonchev–Trinajstić information content (AvgIpc) is 2.34. The van der Waals surface area contributed by atoms with Gasteiger partial charge in [0.25, 0.3) is 0 Å². The number of benzene rings is 1. The van der Waals surface area contributed by atoms with Crippen LogP contribution in [-0.4, -0.2) is 46.2 Å². The van der Waals surface area contributed by atoms with Gasteiger partial charge in [-0.2, -0.15) is 0 Å². The quantitative estimate of drug-likeness (QED) is 0.496. The summed E-state index contributed by atoms with van der Waals surface area (Å²) in [5, 5.41) is 21.9. The van der Waals surface area contributed by atoms with Gasteiger partial charge in [-0.15, -0.1) is 0 Å². The molecule has 2 rings (SSSR count). The molecule has 0 bridgehead atoms. The van der Waals surface area contributed by atoms with Crippen LogP contribution < -0.4 is 0 Å². The second-order valence-corrected chi connectivity index (χ2v) is 6.23. The maximum atomic E-state index is 11.8. The van der Waals surface area contributed by atoms with Crippen molar-refractivity contribution < 1.29 is 19.8 Å². The van der Waals surface area contributed by atoms with E-state index in [1.54, 1.807) is 45.0 Å². The summed E-state index contributed by atoms with van der Waals surface area (Å²) in [6, 6.07) is 6.99. The Bertz CT molecular complexity index is 540. The third kappa shape index (κ3) is 3.52. The van der Waals surface area contributed by atoms with Crippen molar-refractivity contribution in [2.45, 2.75) is 32.0 Å². The molecule has 6 heteroatoms. The molecule has 114 valence electrons. The van der Waals surface area contributed by atoms with Gasteiger partial charge in [0, 0.05) is 0 Å². The van der Waals surface area contributed by atoms with E-state index in [0.717, 1.165) is 11.1 Å². The zero-order chi connectivity index (χ0) is 15.7. The maximum absolute atomic E-state index is 11.8. The van der Waals surface area contributed by atoms with E-state index in [2.05, 4.69) is 5.16 Å². The Balaban J connectivity index is 1.99. The van der Waals surface area contributed by atoms with E-state index in [4.69, 9.17) is 9.94 Å². The van der Waals surface area contributed by atoms with E-state index in [0.29, 0.717) is 0 Å². The van der Waals surface area contributed by atoms with Crippen LogP contribution in [0.5, 0.6) is 0 Å². The van der Waals surface area contributed by atoms with Gasteiger partial charge >= 0.3 is 6.09 Å². The Morgan fingerprint density at radius 2 is 1.90 bits per heavy atom. The number of likely N-dealkylation sites (tertiary alicyclic amines) is 1. The third-order valence-electron chi connectivity index (χ3n) is 3.21. The van der Waals surface area contributed by atoms with E-state index in [-0.39, 0.29) is 13.1 Å². The Hall–Kier alpha value is -2.08. The van der Waals surface area contributed by atoms with E-state index in [9.17, 15) is 9.90 Å². The first-order valence-corrected chi connectivity index (χ1v) is 6.72. The van der Waals surface area contributed by atoms with Gasteiger partial charge in [0.05, 0.1) is 19.3 Å². The highest BCUT2D eigenvalue weighted by Gasteiger charge is 2.46. The molecule has 21 heavy (non-hydrogen) atoms. The Morgan fingerprint density at radius 1 is 1.33 bits per heavy atom. The number of amides is 1. The molecule has 0 radical (unpaired) electrons. The minimum Gasteiger partial charge on any atom is -0.444 e. The fourth-order valence-corrected chi connectivity index (χ4v) is 2.17. The summed E-state index contributed by atoms with van der Waals surface area (Å²) in [4.78, 5) is 13.3. The molecule has 1 aromatic rings. The van der Waals surface area contributed by atoms with E-state index < -0.39 is 17.3 Å². The number of hydrogen-bond donors (Lipinski definition) is 2. The molecule has 6 nitrogen and oxygen atoms in total. The molecule has 0 unspecified atom stereocenters. The monoisotopic (exact) mass is 292 g/mol. The zero-order valence-corrected chi connectivity index (χ0v) is 12.4. The number of hydrogen-bond acceptors (Lipinski definition) is 5. The normalized spacial score (nSPS) is 17.6. The first-order chi connectivity index (χ1) is 9.73. The standard InChI is InChI=1S/C15H20N2O4/c1-14(2,3)21-13(18)17-9-15(19,10-17)12-6-4-11(5-7-12)8-16-20/h4-8,19-20H,9-10H2,1-3H3/b16-8-. The predicted octanol–water partition coefficient (Wildman–Crippen LogP) is 1.93. The second-order valence-electron chi connectivity index (χ2n) is 6.23. The fraction of sp³-hybridized carbons (Fsp3) is 0.467. The van der Waals surface area contributed by atoms with Crippen molar-refractivity contribution in [2.24, 2.45) is 5.16 Å². The first kappa shape index (κ1) is 15.3. The molecule has 1 amide bonds. The predicted molar refractivity (Wildman–Crippen MR) is 77.5 cm³/mol. The number of ether oxygens (including phenoxy) is 1. The van der Waals surface area contributed by atoms with Crippen LogP contribution in [0.1, 0.15) is 31.9 Å². The van der Waals surface area contributed by atoms with Crippen molar-refractivity contribution >= 4 is 12.3 Å². The lowest BCUT2D eigenvalue weighted by atomic mass is 9.86. The van der Waals surface area contributed by atoms with Gasteiger partial charge in [0.2, 0.25) is 0 Å². The van der Waals surface area contributed by atoms with Gasteiger partial charge < -0.3 is 20.0 Å². The number of aliphatic hydroxyl groups is 1. The SMILES string of the molecule is CC(C)(C)OC(=O)N1CC(O)(c2ccc(/C=N\O)cc2)C1. The van der Waals surface area contributed by atoms with Crippen molar-refractivity contribution in [1.82, 2.24) is 4.90 Å². The van der Waals surface area contributed by atoms with Crippen LogP contribution >= 0.6 is 0 Å². The molecule has 1 aromatic carbocycles. The van der Waals surface area contributed by atoms with Crippen LogP contribution in [0.15, 0.2) is 29.4 Å². The minimum absolute atomic E-state index is 0.204. The van der Waals surface area contributed by atoms with Gasteiger partial charge in [0.1, 0.15) is 11.2 Å². The lowest BCUT2D eigenvalue weighted by Gasteiger charge is -2.46. The first-order valence-electron chi connectivity index (χ1n) is 6.72. The number of carbonyl (C=O) groups excluding carboxylic acids is 1. The number of rotatable bonds is 2. The van der Waals surface area contributed by atoms with Gasteiger partial charge in [-0.05, 0) is 31.9 Å². The fourth-order valence-electron chi connectivity index (χ4n) is 2.17. The molecule has 0 atom stereocenters. The van der Waals surface area contributed by atoms with Gasteiger partial charge in [0.15, 0.2) is 0 Å². The summed E-state index contributed by atoms with van der Waals surface area (Å²) in [7, 11) is 0. The topological polar surface area (TPSA) is 82.4 Å². The van der Waals surface area contributed by atoms with Crippen molar-refractivity contribution in [3.05, 3.63) is 35.4 Å². The lowest BCUT2D eigenvalue weighted by molar-refractivity contribution is -0.103. The molecule has 0 spiro atoms. The van der Waals surface area contributed by atoms with Gasteiger partial charge in [-0.1, -0.05) is 29.4 Å². The highest BCUT2D eigenvalue weighted by molar-refractivity contribution is 5.79. The molecule has 0 aliphatic carbocycles. The Kier molecular flexibility index (Phi) is 3.91. The van der Waals surface area contributed by atoms with Crippen molar-refractivity contribution in [2.75, 3.05) is 13.1 Å². The number of nitrogens with zero attached hydrogens (tertiary/aromatic N) is 2. The molecule has 0 saturated carbocycles. The molecular formula is C15H20N2O4. The molecule has 1 heterocycles. The molecule has 2 N–H and O–H groups in total. The van der Waals surface area contributed by atoms with Gasteiger partial charge in [-0.25, -0.2) is 4.79 Å². The van der Waals surface area contributed by atoms with E-state index in [1.807, 2.05) is 0 Å². The Morgan fingerprint density at radius 3 is 2.38 bits per heavy atom. The number of carbonyl (C=O) groups is 1. The van der Waals surface area contributed by atoms with Crippen LogP contribution in [0.4, 0.5) is 4.79 Å². The lowest BCUT2D eigenvalue weighted by Crippen LogP contribution is -2.61. The third-order valence-corrected chi connectivity index (χ3v) is 3.21. The summed E-state index contributed by atoms with van der Waals surface area (Å²) in [6.07, 6.45) is 0.887. The Labute approximate surface area is 123 Å². The van der Waals surface area contributed by atoms with Crippen LogP contribution in [0.25, 0.3) is 0 Å². The molecule has 1 aliphatic heterocycles. The zero-order valence-electron chi connectivity index (χ0n) is 12.4. The molecule has 0 aromatic heterocycles. The molecule has 1 aliphatic rings. The largest absolute Gasteiger partial charge is 0.444 e. The molecule has 1 saturated heterocycles. The van der Waals surface area contributed by atoms with Crippen molar-refractivity contribution in [1.29, 1.82) is 0 Å². The van der Waals surface area contributed by atoms with E-state index in [1.165, 1.54) is 11.1 Å². The van der Waals surface area contributed by atoms with Crippen LogP contribution in [0, 0.1) is 0 Å². The highest BCUT2D eigenvalue weighted by atomic mass is 16.6. The minimum atomic E-state index is -1.05. The van der Waals surface area contributed by atoms with Crippen LogP contribution in [0.2, 0.25) is 0 Å². The maximum Gasteiger partial charge on any atom is 0.410 e. The van der Waals surface area contributed by atoms with Crippen molar-refractivity contribution in [3.63, 3.8) is 0 Å². The average molecular weight is 292 g/mol. The second kappa shape index (κ2) is 5.37. The van der Waals surface area contributed by atoms with Crippen molar-refractivity contribution in [3.8, 4) is 0 Å². The van der Waals surface area contributed by atoms with E-state index >= 15 is 0 Å². The summed E-state index contributed by atoms with van der Waals surface area (Å²) in [5.41, 5.74) is -0.146. The summed E-state index contributed by atoms with van der Waals surface area (Å²) in [6.45, 7) is 5.82. The molecule has 1 fully saturated rings. The number of oxime groups is 1. The summed E-state index contributed by atoms with van der Waals surface area (Å²) in [5.74, 6) is 0. The van der Waals surface area contributed by atoms with Gasteiger partial charge in [-0.3, -0.25) is 0 Å². The summed E-state index contributed by atoms with van der Waals surface area (Å²) < 4.78 is 5.25. The van der Waals surface area contributed by atoms with Crippen LogP contribution in [0.3, 0.4) is 0 Å². The van der Waals surface area contributed by atoms with Crippen LogP contribution in [-0.2, 0) is 10.3 Å². The smallest absolute Gasteiger partial charge is 0.410 e.